The molecule has 1 heteroatoms. The summed E-state index contributed by atoms with van der Waals surface area (Å²) in [7, 11) is 0. The highest BCUT2D eigenvalue weighted by Gasteiger charge is 2.20. The van der Waals surface area contributed by atoms with Crippen LogP contribution < -0.4 is 0 Å². The number of benzene rings is 10. The van der Waals surface area contributed by atoms with Crippen molar-refractivity contribution in [2.45, 2.75) is 0 Å². The molecule has 0 unspecified atom stereocenters. The minimum absolute atomic E-state index is 0.175. The summed E-state index contributed by atoms with van der Waals surface area (Å²) in [6.07, 6.45) is 0. The third kappa shape index (κ3) is 3.82. The Morgan fingerprint density at radius 2 is 0.939 bits per heavy atom. The minimum atomic E-state index is -0.434. The Labute approximate surface area is 293 Å². The van der Waals surface area contributed by atoms with Crippen molar-refractivity contribution >= 4 is 86.6 Å². The van der Waals surface area contributed by atoms with Gasteiger partial charge in [-0.25, -0.2) is 0 Å². The molecular formula is C48H28O. The molecule has 1 aromatic heterocycles. The summed E-state index contributed by atoms with van der Waals surface area (Å²) in [6.45, 7) is 0. The molecular weight excluding hydrogens is 593 g/mol. The maximum absolute atomic E-state index is 9.54. The molecule has 1 heterocycles. The van der Waals surface area contributed by atoms with Crippen LogP contribution in [0.1, 0.15) is 11.0 Å². The van der Waals surface area contributed by atoms with E-state index in [1.54, 1.807) is 6.07 Å². The van der Waals surface area contributed by atoms with Gasteiger partial charge in [-0.1, -0.05) is 139 Å². The Kier molecular flexibility index (Phi) is 4.10. The maximum Gasteiger partial charge on any atom is 0.136 e. The van der Waals surface area contributed by atoms with E-state index in [1.165, 1.54) is 0 Å². The SMILES string of the molecule is [2H]c1c([2H])c([2H])c2c(-c3cc4ccc5ccccc5c4c4ccccc34)c3c([2H])c([2H])c([2H])c([2H])c3c(-c3ccc4oc5cc6ccccc6cc5c4c3)c2c1[2H]. The second-order valence-corrected chi connectivity index (χ2v) is 12.6. The van der Waals surface area contributed by atoms with Crippen LogP contribution in [0.4, 0.5) is 0 Å². The van der Waals surface area contributed by atoms with Gasteiger partial charge in [-0.15, -0.1) is 0 Å². The Balaban J connectivity index is 1.37. The number of furan rings is 1. The largest absolute Gasteiger partial charge is 0.456 e. The lowest BCUT2D eigenvalue weighted by molar-refractivity contribution is 0.669. The predicted molar refractivity (Wildman–Crippen MR) is 210 cm³/mol. The van der Waals surface area contributed by atoms with E-state index in [1.807, 2.05) is 97.1 Å². The van der Waals surface area contributed by atoms with Crippen LogP contribution in [0, 0.1) is 0 Å². The fourth-order valence-corrected chi connectivity index (χ4v) is 7.89. The third-order valence-corrected chi connectivity index (χ3v) is 10.0. The van der Waals surface area contributed by atoms with Crippen LogP contribution in [-0.4, -0.2) is 0 Å². The highest BCUT2D eigenvalue weighted by molar-refractivity contribution is 6.28. The van der Waals surface area contributed by atoms with Gasteiger partial charge in [0, 0.05) is 10.8 Å². The molecule has 0 bridgehead atoms. The molecule has 10 aromatic carbocycles. The van der Waals surface area contributed by atoms with Crippen molar-refractivity contribution in [2.24, 2.45) is 0 Å². The second kappa shape index (κ2) is 10.0. The third-order valence-electron chi connectivity index (χ3n) is 10.0. The maximum atomic E-state index is 9.54. The molecule has 0 spiro atoms. The van der Waals surface area contributed by atoms with Gasteiger partial charge < -0.3 is 4.42 Å². The van der Waals surface area contributed by atoms with Crippen molar-refractivity contribution in [2.75, 3.05) is 0 Å². The Bertz CT molecular complexity index is 3540. The van der Waals surface area contributed by atoms with Crippen LogP contribution in [0.15, 0.2) is 174 Å². The quantitative estimate of drug-likeness (QED) is 0.137. The van der Waals surface area contributed by atoms with Crippen LogP contribution in [0.5, 0.6) is 0 Å². The lowest BCUT2D eigenvalue weighted by Gasteiger charge is -2.20. The number of hydrogen-bond acceptors (Lipinski definition) is 1. The molecule has 0 aliphatic heterocycles. The molecule has 0 N–H and O–H groups in total. The first-order chi connectivity index (χ1) is 27.6. The van der Waals surface area contributed by atoms with E-state index in [-0.39, 0.29) is 45.7 Å². The zero-order chi connectivity index (χ0) is 39.0. The summed E-state index contributed by atoms with van der Waals surface area (Å²) in [6, 6.07) is 36.8. The first-order valence-corrected chi connectivity index (χ1v) is 16.3. The van der Waals surface area contributed by atoms with Crippen molar-refractivity contribution < 1.29 is 15.4 Å². The van der Waals surface area contributed by atoms with Gasteiger partial charge in [0.05, 0.1) is 11.0 Å². The first-order valence-electron chi connectivity index (χ1n) is 20.3. The average molecular weight is 629 g/mol. The molecule has 226 valence electrons. The highest BCUT2D eigenvalue weighted by atomic mass is 16.3. The smallest absolute Gasteiger partial charge is 0.136 e. The van der Waals surface area contributed by atoms with Crippen molar-refractivity contribution in [1.29, 1.82) is 0 Å². The lowest BCUT2D eigenvalue weighted by Crippen LogP contribution is -1.92. The van der Waals surface area contributed by atoms with Gasteiger partial charge >= 0.3 is 0 Å². The van der Waals surface area contributed by atoms with Gasteiger partial charge in [-0.3, -0.25) is 0 Å². The molecule has 0 saturated carbocycles. The molecule has 11 rings (SSSR count). The van der Waals surface area contributed by atoms with Gasteiger partial charge in [-0.2, -0.15) is 0 Å². The van der Waals surface area contributed by atoms with Crippen molar-refractivity contribution in [3.63, 3.8) is 0 Å². The summed E-state index contributed by atoms with van der Waals surface area (Å²) in [5, 5.41) is 10.1. The average Bonchev–Trinajstić information content (AvgIpc) is 3.60. The summed E-state index contributed by atoms with van der Waals surface area (Å²) < 4.78 is 80.2. The Morgan fingerprint density at radius 3 is 1.67 bits per heavy atom. The predicted octanol–water partition coefficient (Wildman–Crippen LogP) is 13.8. The van der Waals surface area contributed by atoms with Crippen LogP contribution in [0.3, 0.4) is 0 Å². The molecule has 0 atom stereocenters. The zero-order valence-corrected chi connectivity index (χ0v) is 26.0. The highest BCUT2D eigenvalue weighted by Crippen LogP contribution is 2.48. The van der Waals surface area contributed by atoms with Gasteiger partial charge in [0.25, 0.3) is 0 Å². The Hall–Kier alpha value is -6.44. The van der Waals surface area contributed by atoms with E-state index in [2.05, 4.69) is 18.2 Å². The molecule has 11 aromatic rings. The monoisotopic (exact) mass is 628 g/mol. The van der Waals surface area contributed by atoms with Crippen LogP contribution in [0.2, 0.25) is 0 Å². The van der Waals surface area contributed by atoms with Gasteiger partial charge in [0.2, 0.25) is 0 Å². The fourth-order valence-electron chi connectivity index (χ4n) is 7.89. The number of rotatable bonds is 2. The van der Waals surface area contributed by atoms with E-state index >= 15 is 0 Å². The molecule has 0 aliphatic carbocycles. The summed E-state index contributed by atoms with van der Waals surface area (Å²) >= 11 is 0. The number of hydrogen-bond donors (Lipinski definition) is 0. The van der Waals surface area contributed by atoms with Gasteiger partial charge in [0.1, 0.15) is 11.2 Å². The van der Waals surface area contributed by atoms with Gasteiger partial charge in [0.15, 0.2) is 0 Å². The van der Waals surface area contributed by atoms with E-state index in [4.69, 9.17) is 9.90 Å². The standard InChI is InChI=1S/C48H28O/c1-2-13-31-28-45-42(25-30(31)12-1)41-26-33(23-24-44(41)49-45)47-37-17-7-9-19-39(37)48(40-20-10-8-18-38(40)47)43-27-32-22-21-29-11-3-4-14-34(29)46(32)36-16-6-5-15-35(36)43/h1-28H/i7D,8D,9D,10D,17D,18D,19D,20D. The Morgan fingerprint density at radius 1 is 0.367 bits per heavy atom. The van der Waals surface area contributed by atoms with Crippen LogP contribution >= 0.6 is 0 Å². The van der Waals surface area contributed by atoms with E-state index < -0.39 is 24.2 Å². The number of fused-ring (bicyclic) bond motifs is 11. The summed E-state index contributed by atoms with van der Waals surface area (Å²) in [4.78, 5) is 0. The molecule has 0 amide bonds. The normalized spacial score (nSPS) is 14.4. The lowest BCUT2D eigenvalue weighted by atomic mass is 9.83. The van der Waals surface area contributed by atoms with Crippen molar-refractivity contribution in [3.05, 3.63) is 170 Å². The molecule has 0 radical (unpaired) electrons. The molecule has 1 nitrogen and oxygen atoms in total. The van der Waals surface area contributed by atoms with Gasteiger partial charge in [-0.05, 0) is 117 Å². The van der Waals surface area contributed by atoms with Crippen LogP contribution in [0.25, 0.3) is 109 Å². The molecule has 0 fully saturated rings. The van der Waals surface area contributed by atoms with E-state index in [0.717, 1.165) is 53.9 Å². The summed E-state index contributed by atoms with van der Waals surface area (Å²) in [5.74, 6) is 0. The second-order valence-electron chi connectivity index (χ2n) is 12.6. The van der Waals surface area contributed by atoms with Crippen molar-refractivity contribution in [1.82, 2.24) is 0 Å². The van der Waals surface area contributed by atoms with E-state index in [0.29, 0.717) is 33.4 Å². The van der Waals surface area contributed by atoms with Crippen LogP contribution in [-0.2, 0) is 0 Å². The topological polar surface area (TPSA) is 13.1 Å². The fraction of sp³-hybridized carbons (Fsp3) is 0. The minimum Gasteiger partial charge on any atom is -0.456 e. The molecule has 49 heavy (non-hydrogen) atoms. The van der Waals surface area contributed by atoms with Crippen molar-refractivity contribution in [3.8, 4) is 22.3 Å². The zero-order valence-electron chi connectivity index (χ0n) is 34.0. The van der Waals surface area contributed by atoms with E-state index in [9.17, 15) is 5.48 Å². The first kappa shape index (κ1) is 20.0. The summed E-state index contributed by atoms with van der Waals surface area (Å²) in [5.41, 5.74) is 3.07. The molecule has 0 aliphatic rings. The molecule has 0 saturated heterocycles.